The Morgan fingerprint density at radius 2 is 1.58 bits per heavy atom. The molecule has 0 saturated heterocycles. The highest BCUT2D eigenvalue weighted by atomic mass is 16.5. The van der Waals surface area contributed by atoms with Crippen LogP contribution in [0.2, 0.25) is 0 Å². The van der Waals surface area contributed by atoms with Gasteiger partial charge in [-0.25, -0.2) is 4.79 Å². The molecule has 1 N–H and O–H groups in total. The molecule has 2 aromatic carbocycles. The fraction of sp³-hybridized carbons (Fsp3) is 0.348. The molecular weight excluding hydrogens is 324 g/mol. The Hall–Kier alpha value is -2.55. The third-order valence-corrected chi connectivity index (χ3v) is 4.90. The van der Waals surface area contributed by atoms with E-state index in [0.717, 1.165) is 35.1 Å². The van der Waals surface area contributed by atoms with Crippen molar-refractivity contribution < 1.29 is 14.6 Å². The van der Waals surface area contributed by atoms with Gasteiger partial charge < -0.3 is 9.84 Å². The predicted molar refractivity (Wildman–Crippen MR) is 106 cm³/mol. The highest BCUT2D eigenvalue weighted by Crippen LogP contribution is 2.36. The Balaban J connectivity index is 2.43. The maximum Gasteiger partial charge on any atom is 0.338 e. The summed E-state index contributed by atoms with van der Waals surface area (Å²) in [5.74, 6) is 0.515. The van der Waals surface area contributed by atoms with Crippen LogP contribution >= 0.6 is 0 Å². The molecule has 0 heterocycles. The Kier molecular flexibility index (Phi) is 5.91. The van der Waals surface area contributed by atoms with Crippen LogP contribution in [0.5, 0.6) is 11.5 Å². The lowest BCUT2D eigenvalue weighted by Gasteiger charge is -2.28. The van der Waals surface area contributed by atoms with Gasteiger partial charge in [0.05, 0.1) is 0 Å². The Morgan fingerprint density at radius 3 is 2.12 bits per heavy atom. The van der Waals surface area contributed by atoms with Gasteiger partial charge >= 0.3 is 5.97 Å². The molecule has 0 unspecified atom stereocenters. The van der Waals surface area contributed by atoms with E-state index in [4.69, 9.17) is 4.74 Å². The minimum atomic E-state index is -0.405. The van der Waals surface area contributed by atoms with Crippen molar-refractivity contribution >= 4 is 5.97 Å². The molecule has 0 bridgehead atoms. The quantitative estimate of drug-likeness (QED) is 0.434. The van der Waals surface area contributed by atoms with Crippen molar-refractivity contribution in [1.29, 1.82) is 0 Å². The first-order valence-electron chi connectivity index (χ1n) is 9.04. The second-order valence-electron chi connectivity index (χ2n) is 7.17. The Labute approximate surface area is 156 Å². The van der Waals surface area contributed by atoms with Crippen LogP contribution in [0.15, 0.2) is 48.6 Å². The Bertz CT molecular complexity index is 831. The normalized spacial score (nSPS) is 11.3. The molecule has 2 aromatic rings. The number of hydrogen-bond donors (Lipinski definition) is 1. The van der Waals surface area contributed by atoms with Crippen molar-refractivity contribution in [3.8, 4) is 11.5 Å². The maximum absolute atomic E-state index is 11.8. The lowest BCUT2D eigenvalue weighted by molar-refractivity contribution is -0.130. The van der Waals surface area contributed by atoms with Gasteiger partial charge in [0.1, 0.15) is 11.5 Å². The van der Waals surface area contributed by atoms with Crippen LogP contribution in [0.1, 0.15) is 56.9 Å². The maximum atomic E-state index is 11.8. The van der Waals surface area contributed by atoms with E-state index in [1.54, 1.807) is 13.0 Å². The van der Waals surface area contributed by atoms with Crippen LogP contribution in [0.4, 0.5) is 0 Å². The lowest BCUT2D eigenvalue weighted by atomic mass is 9.77. The molecule has 0 amide bonds. The van der Waals surface area contributed by atoms with Gasteiger partial charge in [-0.3, -0.25) is 0 Å². The second kappa shape index (κ2) is 7.77. The number of rotatable bonds is 6. The number of esters is 1. The van der Waals surface area contributed by atoms with E-state index in [0.29, 0.717) is 17.1 Å². The molecule has 0 atom stereocenters. The van der Waals surface area contributed by atoms with Crippen molar-refractivity contribution in [2.24, 2.45) is 0 Å². The summed E-state index contributed by atoms with van der Waals surface area (Å²) in [6, 6.07) is 11.8. The van der Waals surface area contributed by atoms with E-state index in [1.165, 1.54) is 0 Å². The molecule has 0 aliphatic heterocycles. The zero-order valence-corrected chi connectivity index (χ0v) is 16.3. The summed E-state index contributed by atoms with van der Waals surface area (Å²) in [6.07, 6.45) is 1.55. The molecule has 26 heavy (non-hydrogen) atoms. The van der Waals surface area contributed by atoms with Gasteiger partial charge in [-0.05, 0) is 54.2 Å². The van der Waals surface area contributed by atoms with Crippen molar-refractivity contribution in [1.82, 2.24) is 0 Å². The van der Waals surface area contributed by atoms with E-state index in [9.17, 15) is 9.90 Å². The molecule has 0 aliphatic carbocycles. The number of hydrogen-bond acceptors (Lipinski definition) is 3. The number of phenols is 1. The summed E-state index contributed by atoms with van der Waals surface area (Å²) in [6.45, 7) is 13.7. The second-order valence-corrected chi connectivity index (χ2v) is 7.17. The summed E-state index contributed by atoms with van der Waals surface area (Å²) >= 11 is 0. The number of phenolic OH excluding ortho intramolecular Hbond substituents is 1. The summed E-state index contributed by atoms with van der Waals surface area (Å²) in [4.78, 5) is 11.8. The molecule has 0 aliphatic rings. The topological polar surface area (TPSA) is 46.5 Å². The minimum Gasteiger partial charge on any atom is -0.508 e. The van der Waals surface area contributed by atoms with E-state index >= 15 is 0 Å². The fourth-order valence-corrected chi connectivity index (χ4v) is 2.96. The van der Waals surface area contributed by atoms with Gasteiger partial charge in [-0.15, -0.1) is 0 Å². The van der Waals surface area contributed by atoms with Crippen molar-refractivity contribution in [3.63, 3.8) is 0 Å². The average Bonchev–Trinajstić information content (AvgIpc) is 2.61. The number of carbonyl (C=O) groups excluding carboxylic acids is 1. The predicted octanol–water partition coefficient (Wildman–Crippen LogP) is 5.32. The van der Waals surface area contributed by atoms with Gasteiger partial charge in [-0.1, -0.05) is 58.5 Å². The van der Waals surface area contributed by atoms with Crippen molar-refractivity contribution in [3.05, 3.63) is 70.8 Å². The number of aryl methyl sites for hydroxylation is 2. The molecule has 138 valence electrons. The van der Waals surface area contributed by atoms with Gasteiger partial charge in [-0.2, -0.15) is 0 Å². The van der Waals surface area contributed by atoms with E-state index in [-0.39, 0.29) is 5.41 Å². The molecule has 0 radical (unpaired) electrons. The summed E-state index contributed by atoms with van der Waals surface area (Å²) < 4.78 is 5.45. The van der Waals surface area contributed by atoms with E-state index in [2.05, 4.69) is 32.6 Å². The van der Waals surface area contributed by atoms with Gasteiger partial charge in [0.15, 0.2) is 0 Å². The van der Waals surface area contributed by atoms with Gasteiger partial charge in [0, 0.05) is 11.0 Å². The minimum absolute atomic E-state index is 0.238. The Morgan fingerprint density at radius 1 is 1.04 bits per heavy atom. The highest BCUT2D eigenvalue weighted by Gasteiger charge is 2.25. The molecule has 3 heteroatoms. The van der Waals surface area contributed by atoms with Crippen LogP contribution in [-0.4, -0.2) is 11.1 Å². The largest absolute Gasteiger partial charge is 0.508 e. The zero-order valence-electron chi connectivity index (χ0n) is 16.3. The smallest absolute Gasteiger partial charge is 0.338 e. The van der Waals surface area contributed by atoms with Gasteiger partial charge in [0.2, 0.25) is 0 Å². The average molecular weight is 352 g/mol. The van der Waals surface area contributed by atoms with Crippen LogP contribution in [0, 0.1) is 0 Å². The lowest BCUT2D eigenvalue weighted by Crippen LogP contribution is -2.20. The summed E-state index contributed by atoms with van der Waals surface area (Å²) in [5.41, 5.74) is 4.35. The van der Waals surface area contributed by atoms with Crippen LogP contribution in [-0.2, 0) is 23.1 Å². The van der Waals surface area contributed by atoms with Crippen LogP contribution < -0.4 is 4.74 Å². The number of benzene rings is 2. The third-order valence-electron chi connectivity index (χ3n) is 4.90. The first-order valence-corrected chi connectivity index (χ1v) is 9.04. The van der Waals surface area contributed by atoms with Gasteiger partial charge in [0.25, 0.3) is 0 Å². The monoisotopic (exact) mass is 352 g/mol. The van der Waals surface area contributed by atoms with Crippen molar-refractivity contribution in [2.75, 3.05) is 0 Å². The fourth-order valence-electron chi connectivity index (χ4n) is 2.96. The van der Waals surface area contributed by atoms with Crippen LogP contribution in [0.3, 0.4) is 0 Å². The molecule has 0 saturated carbocycles. The number of carbonyl (C=O) groups is 1. The summed E-state index contributed by atoms with van der Waals surface area (Å²) in [5, 5.41) is 9.96. The molecule has 0 aromatic heterocycles. The number of aromatic hydroxyl groups is 1. The molecule has 3 nitrogen and oxygen atoms in total. The number of ether oxygens (including phenoxy) is 1. The third kappa shape index (κ3) is 3.98. The SMILES string of the molecule is C=C(C)C(=O)Oc1ccc(C(C)(C)c2ccc(O)c(CC)c2)cc1CC. The first-order chi connectivity index (χ1) is 12.2. The molecular formula is C23H28O3. The van der Waals surface area contributed by atoms with E-state index < -0.39 is 5.97 Å². The first kappa shape index (κ1) is 19.8. The highest BCUT2D eigenvalue weighted by molar-refractivity contribution is 5.89. The van der Waals surface area contributed by atoms with Crippen molar-refractivity contribution in [2.45, 2.75) is 52.9 Å². The molecule has 0 fully saturated rings. The summed E-state index contributed by atoms with van der Waals surface area (Å²) in [7, 11) is 0. The van der Waals surface area contributed by atoms with E-state index in [1.807, 2.05) is 32.0 Å². The van der Waals surface area contributed by atoms with Crippen LogP contribution in [0.25, 0.3) is 0 Å². The molecule has 0 spiro atoms. The zero-order chi connectivity index (χ0) is 19.5. The molecule has 2 rings (SSSR count). The standard InChI is InChI=1S/C23H28O3/c1-7-16-13-18(9-11-20(16)24)23(5,6)19-10-12-21(17(8-2)14-19)26-22(25)15(3)4/h9-14,24H,3,7-8H2,1-2,4-6H3.